The van der Waals surface area contributed by atoms with E-state index in [4.69, 9.17) is 0 Å². The quantitative estimate of drug-likeness (QED) is 0.448. The van der Waals surface area contributed by atoms with E-state index in [9.17, 15) is 31.7 Å². The van der Waals surface area contributed by atoms with Crippen molar-refractivity contribution in [2.45, 2.75) is 23.8 Å². The molecule has 1 heterocycles. The number of nitrogens with one attached hydrogen (secondary N) is 2. The van der Waals surface area contributed by atoms with Crippen molar-refractivity contribution in [1.29, 1.82) is 0 Å². The fraction of sp³-hybridized carbons (Fsp3) is 0.316. The van der Waals surface area contributed by atoms with E-state index in [-0.39, 0.29) is 28.4 Å². The van der Waals surface area contributed by atoms with Crippen LogP contribution < -0.4 is 9.44 Å². The molecule has 0 aromatic heterocycles. The van der Waals surface area contributed by atoms with Gasteiger partial charge in [-0.2, -0.15) is 0 Å². The Kier molecular flexibility index (Phi) is 6.81. The molecule has 1 saturated heterocycles. The molecule has 32 heavy (non-hydrogen) atoms. The minimum Gasteiger partial charge on any atom is -0.337 e. The van der Waals surface area contributed by atoms with E-state index in [0.29, 0.717) is 19.4 Å². The van der Waals surface area contributed by atoms with Gasteiger partial charge in [-0.1, -0.05) is 18.2 Å². The number of amides is 1. The minimum atomic E-state index is -4.21. The van der Waals surface area contributed by atoms with Crippen LogP contribution in [0, 0.1) is 10.1 Å². The first-order valence-corrected chi connectivity index (χ1v) is 13.0. The summed E-state index contributed by atoms with van der Waals surface area (Å²) in [6, 6.07) is 10.1. The highest BCUT2D eigenvalue weighted by molar-refractivity contribution is 7.92. The maximum absolute atomic E-state index is 13.1. The minimum absolute atomic E-state index is 0.0159. The van der Waals surface area contributed by atoms with Crippen LogP contribution in [0.3, 0.4) is 0 Å². The molecule has 0 spiro atoms. The summed E-state index contributed by atoms with van der Waals surface area (Å²) in [5.41, 5.74) is -0.279. The van der Waals surface area contributed by atoms with E-state index in [1.165, 1.54) is 35.2 Å². The number of nitro benzene ring substituents is 1. The van der Waals surface area contributed by atoms with Crippen LogP contribution in [0.15, 0.2) is 53.4 Å². The second-order valence-corrected chi connectivity index (χ2v) is 10.8. The summed E-state index contributed by atoms with van der Waals surface area (Å²) in [6.45, 7) is 0.546. The summed E-state index contributed by atoms with van der Waals surface area (Å²) in [7, 11) is -7.65. The Morgan fingerprint density at radius 2 is 1.84 bits per heavy atom. The number of sulfonamides is 2. The van der Waals surface area contributed by atoms with Crippen molar-refractivity contribution in [3.63, 3.8) is 0 Å². The third-order valence-corrected chi connectivity index (χ3v) is 6.95. The summed E-state index contributed by atoms with van der Waals surface area (Å²) in [5, 5.41) is 11.0. The standard InChI is InChI=1S/C19H22N4O7S2/c1-31(27,28)20-14-6-5-11-22(13-14)19(24)17-9-2-3-10-18(17)21-32(29,30)16-8-4-7-15(12-16)23(25)26/h2-4,7-10,12,14,20-21H,5-6,11,13H2,1H3. The first kappa shape index (κ1) is 23.6. The molecule has 0 radical (unpaired) electrons. The number of para-hydroxylation sites is 1. The number of carbonyl (C=O) groups excluding carboxylic acids is 1. The van der Waals surface area contributed by atoms with Crippen molar-refractivity contribution in [2.75, 3.05) is 24.1 Å². The average Bonchev–Trinajstić information content (AvgIpc) is 2.72. The van der Waals surface area contributed by atoms with E-state index < -0.39 is 36.9 Å². The number of anilines is 1. The van der Waals surface area contributed by atoms with Gasteiger partial charge in [-0.15, -0.1) is 0 Å². The van der Waals surface area contributed by atoms with Gasteiger partial charge in [0, 0.05) is 31.3 Å². The number of piperidine rings is 1. The van der Waals surface area contributed by atoms with Crippen LogP contribution in [0.25, 0.3) is 0 Å². The number of nitrogens with zero attached hydrogens (tertiary/aromatic N) is 2. The predicted molar refractivity (Wildman–Crippen MR) is 117 cm³/mol. The zero-order valence-electron chi connectivity index (χ0n) is 17.1. The van der Waals surface area contributed by atoms with Crippen molar-refractivity contribution in [1.82, 2.24) is 9.62 Å². The number of carbonyl (C=O) groups is 1. The summed E-state index contributed by atoms with van der Waals surface area (Å²) in [5.74, 6) is -0.456. The average molecular weight is 483 g/mol. The van der Waals surface area contributed by atoms with E-state index in [0.717, 1.165) is 12.3 Å². The second-order valence-electron chi connectivity index (χ2n) is 7.39. The molecular weight excluding hydrogens is 460 g/mol. The normalized spacial score (nSPS) is 17.0. The van der Waals surface area contributed by atoms with Crippen LogP contribution in [-0.4, -0.2) is 58.0 Å². The van der Waals surface area contributed by atoms with Gasteiger partial charge in [0.1, 0.15) is 0 Å². The largest absolute Gasteiger partial charge is 0.337 e. The van der Waals surface area contributed by atoms with Crippen LogP contribution in [0.1, 0.15) is 23.2 Å². The molecule has 1 aliphatic rings. The van der Waals surface area contributed by atoms with Gasteiger partial charge in [0.05, 0.1) is 27.3 Å². The summed E-state index contributed by atoms with van der Waals surface area (Å²) in [4.78, 5) is 24.5. The fourth-order valence-corrected chi connectivity index (χ4v) is 5.37. The van der Waals surface area contributed by atoms with E-state index >= 15 is 0 Å². The van der Waals surface area contributed by atoms with E-state index in [2.05, 4.69) is 9.44 Å². The highest BCUT2D eigenvalue weighted by Crippen LogP contribution is 2.25. The molecule has 13 heteroatoms. The van der Waals surface area contributed by atoms with Crippen molar-refractivity contribution < 1.29 is 26.6 Å². The molecule has 3 rings (SSSR count). The van der Waals surface area contributed by atoms with Gasteiger partial charge in [-0.25, -0.2) is 21.6 Å². The van der Waals surface area contributed by atoms with Gasteiger partial charge >= 0.3 is 0 Å². The summed E-state index contributed by atoms with van der Waals surface area (Å²) < 4.78 is 53.5. The molecule has 0 bridgehead atoms. The zero-order chi connectivity index (χ0) is 23.5. The lowest BCUT2D eigenvalue weighted by atomic mass is 10.0. The van der Waals surface area contributed by atoms with Crippen molar-refractivity contribution in [3.8, 4) is 0 Å². The number of rotatable bonds is 7. The smallest absolute Gasteiger partial charge is 0.270 e. The van der Waals surface area contributed by atoms with E-state index in [1.807, 2.05) is 0 Å². The van der Waals surface area contributed by atoms with Crippen molar-refractivity contribution in [2.24, 2.45) is 0 Å². The molecule has 1 atom stereocenters. The van der Waals surface area contributed by atoms with Gasteiger partial charge in [0.25, 0.3) is 21.6 Å². The van der Waals surface area contributed by atoms with Crippen LogP contribution >= 0.6 is 0 Å². The van der Waals surface area contributed by atoms with Crippen molar-refractivity contribution >= 4 is 37.3 Å². The first-order chi connectivity index (χ1) is 15.0. The van der Waals surface area contributed by atoms with Gasteiger partial charge < -0.3 is 4.90 Å². The lowest BCUT2D eigenvalue weighted by molar-refractivity contribution is -0.385. The summed E-state index contributed by atoms with van der Waals surface area (Å²) in [6.07, 6.45) is 2.21. The first-order valence-electron chi connectivity index (χ1n) is 9.59. The lowest BCUT2D eigenvalue weighted by Crippen LogP contribution is -2.49. The van der Waals surface area contributed by atoms with Gasteiger partial charge in [-0.3, -0.25) is 19.6 Å². The molecule has 0 aliphatic carbocycles. The maximum atomic E-state index is 13.1. The monoisotopic (exact) mass is 482 g/mol. The van der Waals surface area contributed by atoms with E-state index in [1.54, 1.807) is 12.1 Å². The van der Waals surface area contributed by atoms with Crippen molar-refractivity contribution in [3.05, 3.63) is 64.2 Å². The molecule has 172 valence electrons. The van der Waals surface area contributed by atoms with Gasteiger partial charge in [0.15, 0.2) is 0 Å². The molecule has 11 nitrogen and oxygen atoms in total. The Morgan fingerprint density at radius 3 is 2.53 bits per heavy atom. The van der Waals surface area contributed by atoms with Gasteiger partial charge in [0.2, 0.25) is 10.0 Å². The SMILES string of the molecule is CS(=O)(=O)NC1CCCN(C(=O)c2ccccc2NS(=O)(=O)c2cccc([N+](=O)[O-])c2)C1. The number of benzene rings is 2. The number of hydrogen-bond donors (Lipinski definition) is 2. The third kappa shape index (κ3) is 5.81. The Labute approximate surface area is 185 Å². The Bertz CT molecular complexity index is 1250. The Morgan fingerprint density at radius 1 is 1.12 bits per heavy atom. The highest BCUT2D eigenvalue weighted by Gasteiger charge is 2.28. The topological polar surface area (TPSA) is 156 Å². The predicted octanol–water partition coefficient (Wildman–Crippen LogP) is 1.55. The molecule has 0 saturated carbocycles. The molecule has 1 aliphatic heterocycles. The number of likely N-dealkylation sites (tertiary alicyclic amines) is 1. The number of non-ortho nitro benzene ring substituents is 1. The lowest BCUT2D eigenvalue weighted by Gasteiger charge is -2.33. The van der Waals surface area contributed by atoms with Crippen LogP contribution in [0.5, 0.6) is 0 Å². The fourth-order valence-electron chi connectivity index (χ4n) is 3.46. The van der Waals surface area contributed by atoms with Crippen LogP contribution in [0.4, 0.5) is 11.4 Å². The molecule has 1 fully saturated rings. The number of hydrogen-bond acceptors (Lipinski definition) is 7. The maximum Gasteiger partial charge on any atom is 0.270 e. The van der Waals surface area contributed by atoms with Crippen LogP contribution in [-0.2, 0) is 20.0 Å². The zero-order valence-corrected chi connectivity index (χ0v) is 18.7. The Hall–Kier alpha value is -3.03. The molecule has 1 amide bonds. The second kappa shape index (κ2) is 9.22. The molecule has 2 aromatic carbocycles. The van der Waals surface area contributed by atoms with Gasteiger partial charge in [-0.05, 0) is 31.0 Å². The third-order valence-electron chi connectivity index (χ3n) is 4.83. The molecule has 2 N–H and O–H groups in total. The summed E-state index contributed by atoms with van der Waals surface area (Å²) >= 11 is 0. The highest BCUT2D eigenvalue weighted by atomic mass is 32.2. The molecular formula is C19H22N4O7S2. The molecule has 2 aromatic rings. The van der Waals surface area contributed by atoms with Crippen LogP contribution in [0.2, 0.25) is 0 Å². The number of nitro groups is 1. The Balaban J connectivity index is 1.85. The molecule has 1 unspecified atom stereocenters.